The number of amides is 2. The summed E-state index contributed by atoms with van der Waals surface area (Å²) in [5, 5.41) is 3.62. The van der Waals surface area contributed by atoms with Crippen LogP contribution in [0.4, 0.5) is 4.39 Å². The smallest absolute Gasteiger partial charge is 0.242 e. The normalized spacial score (nSPS) is 11.6. The first kappa shape index (κ1) is 26.1. The summed E-state index contributed by atoms with van der Waals surface area (Å²) in [5.74, 6) is -0.0567. The first-order valence-corrected chi connectivity index (χ1v) is 12.6. The summed E-state index contributed by atoms with van der Waals surface area (Å²) in [7, 11) is 1.56. The van der Waals surface area contributed by atoms with Crippen LogP contribution in [0.1, 0.15) is 16.7 Å². The number of halogens is 3. The average molecular weight is 519 g/mol. The van der Waals surface area contributed by atoms with Crippen molar-refractivity contribution in [3.63, 3.8) is 0 Å². The van der Waals surface area contributed by atoms with E-state index < -0.39 is 6.04 Å². The second-order valence-corrected chi connectivity index (χ2v) is 9.51. The van der Waals surface area contributed by atoms with Crippen molar-refractivity contribution in [2.45, 2.75) is 24.8 Å². The second-order valence-electron chi connectivity index (χ2n) is 7.71. The van der Waals surface area contributed by atoms with E-state index in [-0.39, 0.29) is 29.9 Å². The predicted molar refractivity (Wildman–Crippen MR) is 138 cm³/mol. The fourth-order valence-electron chi connectivity index (χ4n) is 3.48. The van der Waals surface area contributed by atoms with Crippen LogP contribution < -0.4 is 5.32 Å². The first-order chi connectivity index (χ1) is 16.4. The largest absolute Gasteiger partial charge is 0.357 e. The van der Waals surface area contributed by atoms with Crippen molar-refractivity contribution in [1.29, 1.82) is 0 Å². The van der Waals surface area contributed by atoms with Crippen LogP contribution >= 0.6 is 35.0 Å². The number of carbonyl (C=O) groups is 2. The zero-order chi connectivity index (χ0) is 24.5. The summed E-state index contributed by atoms with van der Waals surface area (Å²) in [6.07, 6.45) is 0.366. The minimum atomic E-state index is -0.712. The van der Waals surface area contributed by atoms with Crippen molar-refractivity contribution >= 4 is 46.8 Å². The van der Waals surface area contributed by atoms with Gasteiger partial charge in [-0.2, -0.15) is 0 Å². The highest BCUT2D eigenvalue weighted by molar-refractivity contribution is 7.99. The molecular formula is C26H25Cl2FN2O2S. The molecule has 3 aromatic carbocycles. The highest BCUT2D eigenvalue weighted by Crippen LogP contribution is 2.25. The number of benzene rings is 3. The van der Waals surface area contributed by atoms with Gasteiger partial charge in [-0.25, -0.2) is 4.39 Å². The monoisotopic (exact) mass is 518 g/mol. The number of hydrogen-bond acceptors (Lipinski definition) is 3. The molecule has 0 aliphatic heterocycles. The van der Waals surface area contributed by atoms with Gasteiger partial charge in [-0.05, 0) is 41.0 Å². The lowest BCUT2D eigenvalue weighted by Gasteiger charge is -2.31. The van der Waals surface area contributed by atoms with Gasteiger partial charge in [-0.1, -0.05) is 71.7 Å². The molecule has 8 heteroatoms. The van der Waals surface area contributed by atoms with Crippen LogP contribution in [-0.4, -0.2) is 35.6 Å². The van der Waals surface area contributed by atoms with Crippen LogP contribution in [0, 0.1) is 5.82 Å². The molecule has 0 spiro atoms. The number of thioether (sulfide) groups is 1. The van der Waals surface area contributed by atoms with Gasteiger partial charge in [0.15, 0.2) is 0 Å². The van der Waals surface area contributed by atoms with E-state index in [4.69, 9.17) is 23.2 Å². The highest BCUT2D eigenvalue weighted by atomic mass is 35.5. The van der Waals surface area contributed by atoms with Crippen molar-refractivity contribution in [2.75, 3.05) is 12.8 Å². The number of hydrogen-bond donors (Lipinski definition) is 1. The van der Waals surface area contributed by atoms with E-state index in [1.165, 1.54) is 23.9 Å². The third-order valence-corrected chi connectivity index (χ3v) is 6.99. The van der Waals surface area contributed by atoms with Crippen LogP contribution in [-0.2, 0) is 28.3 Å². The molecule has 34 heavy (non-hydrogen) atoms. The minimum Gasteiger partial charge on any atom is -0.357 e. The number of nitrogens with one attached hydrogen (secondary N) is 1. The third kappa shape index (κ3) is 7.49. The van der Waals surface area contributed by atoms with Crippen LogP contribution in [0.5, 0.6) is 0 Å². The van der Waals surface area contributed by atoms with Crippen molar-refractivity contribution in [2.24, 2.45) is 0 Å². The Labute approximate surface area is 213 Å². The molecule has 178 valence electrons. The molecule has 0 fully saturated rings. The van der Waals surface area contributed by atoms with Gasteiger partial charge in [-0.15, -0.1) is 11.8 Å². The Kier molecular flexibility index (Phi) is 9.81. The minimum absolute atomic E-state index is 0.170. The summed E-state index contributed by atoms with van der Waals surface area (Å²) in [6.45, 7) is 0.192. The van der Waals surface area contributed by atoms with Crippen LogP contribution in [0.25, 0.3) is 0 Å². The second kappa shape index (κ2) is 12.8. The molecule has 0 bridgehead atoms. The van der Waals surface area contributed by atoms with E-state index >= 15 is 0 Å². The number of carbonyl (C=O) groups excluding carboxylic acids is 2. The van der Waals surface area contributed by atoms with Gasteiger partial charge in [0.1, 0.15) is 11.9 Å². The molecule has 0 heterocycles. The highest BCUT2D eigenvalue weighted by Gasteiger charge is 2.29. The van der Waals surface area contributed by atoms with E-state index in [0.717, 1.165) is 16.7 Å². The first-order valence-electron chi connectivity index (χ1n) is 10.7. The SMILES string of the molecule is CNC(=O)[C@@H](Cc1ccccc1)N(Cc1ccc(F)cc1)C(=O)CSCc1ccc(Cl)c(Cl)c1. The molecule has 0 saturated carbocycles. The van der Waals surface area contributed by atoms with Crippen LogP contribution in [0.3, 0.4) is 0 Å². The van der Waals surface area contributed by atoms with Gasteiger partial charge in [0.25, 0.3) is 0 Å². The summed E-state index contributed by atoms with van der Waals surface area (Å²) in [4.78, 5) is 27.8. The van der Waals surface area contributed by atoms with Crippen molar-refractivity contribution < 1.29 is 14.0 Å². The van der Waals surface area contributed by atoms with Gasteiger partial charge in [0, 0.05) is 25.8 Å². The summed E-state index contributed by atoms with van der Waals surface area (Å²) < 4.78 is 13.4. The van der Waals surface area contributed by atoms with E-state index in [1.54, 1.807) is 36.2 Å². The molecule has 3 rings (SSSR count). The Hall–Kier alpha value is -2.54. The van der Waals surface area contributed by atoms with E-state index in [2.05, 4.69) is 5.32 Å². The number of likely N-dealkylation sites (N-methyl/N-ethyl adjacent to an activating group) is 1. The lowest BCUT2D eigenvalue weighted by Crippen LogP contribution is -2.50. The Bertz CT molecular complexity index is 1110. The third-order valence-electron chi connectivity index (χ3n) is 5.26. The predicted octanol–water partition coefficient (Wildman–Crippen LogP) is 5.75. The lowest BCUT2D eigenvalue weighted by molar-refractivity contribution is -0.139. The van der Waals surface area contributed by atoms with Gasteiger partial charge in [-0.3, -0.25) is 9.59 Å². The molecule has 0 aromatic heterocycles. The van der Waals surface area contributed by atoms with Crippen LogP contribution in [0.2, 0.25) is 10.0 Å². The van der Waals surface area contributed by atoms with Crippen LogP contribution in [0.15, 0.2) is 72.8 Å². The fraction of sp³-hybridized carbons (Fsp3) is 0.231. The Morgan fingerprint density at radius 2 is 1.62 bits per heavy atom. The fourth-order valence-corrected chi connectivity index (χ4v) is 4.65. The van der Waals surface area contributed by atoms with Crippen molar-refractivity contribution in [1.82, 2.24) is 10.2 Å². The Balaban J connectivity index is 1.79. The maximum absolute atomic E-state index is 13.4. The molecular weight excluding hydrogens is 494 g/mol. The van der Waals surface area contributed by atoms with Gasteiger partial charge in [0.2, 0.25) is 11.8 Å². The maximum Gasteiger partial charge on any atom is 0.242 e. The standard InChI is InChI=1S/C26H25Cl2FN2O2S/c1-30-26(33)24(14-18-5-3-2-4-6-18)31(15-19-7-10-21(29)11-8-19)25(32)17-34-16-20-9-12-22(27)23(28)13-20/h2-13,24H,14-17H2,1H3,(H,30,33)/t24-/m1/s1. The van der Waals surface area contributed by atoms with E-state index in [0.29, 0.717) is 22.2 Å². The van der Waals surface area contributed by atoms with Gasteiger partial charge in [0.05, 0.1) is 15.8 Å². The Morgan fingerprint density at radius 3 is 2.26 bits per heavy atom. The van der Waals surface area contributed by atoms with Gasteiger partial charge < -0.3 is 10.2 Å². The Morgan fingerprint density at radius 1 is 0.941 bits per heavy atom. The number of rotatable bonds is 10. The molecule has 0 saturated heterocycles. The summed E-state index contributed by atoms with van der Waals surface area (Å²) in [5.41, 5.74) is 2.63. The molecule has 2 amide bonds. The molecule has 4 nitrogen and oxygen atoms in total. The van der Waals surface area contributed by atoms with Gasteiger partial charge >= 0.3 is 0 Å². The molecule has 3 aromatic rings. The molecule has 1 atom stereocenters. The summed E-state index contributed by atoms with van der Waals surface area (Å²) >= 11 is 13.5. The van der Waals surface area contributed by atoms with Crippen molar-refractivity contribution in [3.8, 4) is 0 Å². The molecule has 0 unspecified atom stereocenters. The lowest BCUT2D eigenvalue weighted by atomic mass is 10.0. The molecule has 0 aliphatic rings. The summed E-state index contributed by atoms with van der Waals surface area (Å²) in [6, 6.07) is 20.2. The maximum atomic E-state index is 13.4. The molecule has 1 N–H and O–H groups in total. The molecule has 0 radical (unpaired) electrons. The zero-order valence-electron chi connectivity index (χ0n) is 18.6. The topological polar surface area (TPSA) is 49.4 Å². The average Bonchev–Trinajstić information content (AvgIpc) is 2.84. The van der Waals surface area contributed by atoms with E-state index in [1.807, 2.05) is 36.4 Å². The molecule has 0 aliphatic carbocycles. The van der Waals surface area contributed by atoms with E-state index in [9.17, 15) is 14.0 Å². The quantitative estimate of drug-likeness (QED) is 0.371. The van der Waals surface area contributed by atoms with Crippen molar-refractivity contribution in [3.05, 3.63) is 105 Å². The zero-order valence-corrected chi connectivity index (χ0v) is 21.0. The number of nitrogens with zero attached hydrogens (tertiary/aromatic N) is 1.